The van der Waals surface area contributed by atoms with Crippen molar-refractivity contribution in [2.24, 2.45) is 5.92 Å². The molecular formula is C16H30N2O3. The van der Waals surface area contributed by atoms with Gasteiger partial charge in [-0.3, -0.25) is 0 Å². The van der Waals surface area contributed by atoms with Crippen LogP contribution in [0.15, 0.2) is 0 Å². The summed E-state index contributed by atoms with van der Waals surface area (Å²) < 4.78 is 0. The van der Waals surface area contributed by atoms with Gasteiger partial charge in [0.2, 0.25) is 0 Å². The fourth-order valence-corrected chi connectivity index (χ4v) is 2.46. The molecular weight excluding hydrogens is 268 g/mol. The summed E-state index contributed by atoms with van der Waals surface area (Å²) in [6.45, 7) is 2.84. The minimum atomic E-state index is -0.931. The zero-order valence-electron chi connectivity index (χ0n) is 13.2. The number of carboxylic acid groups (broad SMARTS) is 1. The summed E-state index contributed by atoms with van der Waals surface area (Å²) in [5, 5.41) is 14.3. The van der Waals surface area contributed by atoms with Gasteiger partial charge in [-0.05, 0) is 25.2 Å². The minimum Gasteiger partial charge on any atom is -0.480 e. The lowest BCUT2D eigenvalue weighted by molar-refractivity contribution is -0.139. The predicted octanol–water partition coefficient (Wildman–Crippen LogP) is 3.29. The van der Waals surface area contributed by atoms with Crippen LogP contribution in [0.3, 0.4) is 0 Å². The zero-order valence-corrected chi connectivity index (χ0v) is 13.2. The number of urea groups is 1. The molecule has 2 amide bonds. The van der Waals surface area contributed by atoms with Crippen LogP contribution >= 0.6 is 0 Å². The Labute approximate surface area is 127 Å². The van der Waals surface area contributed by atoms with E-state index in [0.29, 0.717) is 6.54 Å². The van der Waals surface area contributed by atoms with E-state index in [1.807, 2.05) is 0 Å². The van der Waals surface area contributed by atoms with Gasteiger partial charge in [0.1, 0.15) is 6.04 Å². The van der Waals surface area contributed by atoms with Gasteiger partial charge in [-0.1, -0.05) is 51.9 Å². The number of carboxylic acids is 1. The van der Waals surface area contributed by atoms with Gasteiger partial charge in [-0.2, -0.15) is 0 Å². The van der Waals surface area contributed by atoms with Crippen LogP contribution < -0.4 is 10.6 Å². The van der Waals surface area contributed by atoms with Crippen molar-refractivity contribution in [2.45, 2.75) is 77.2 Å². The monoisotopic (exact) mass is 298 g/mol. The van der Waals surface area contributed by atoms with Gasteiger partial charge in [0, 0.05) is 6.54 Å². The lowest BCUT2D eigenvalue weighted by Crippen LogP contribution is -2.47. The van der Waals surface area contributed by atoms with Crippen molar-refractivity contribution in [3.8, 4) is 0 Å². The van der Waals surface area contributed by atoms with Crippen LogP contribution in [0.5, 0.6) is 0 Å². The molecule has 5 nitrogen and oxygen atoms in total. The van der Waals surface area contributed by atoms with E-state index >= 15 is 0 Å². The quantitative estimate of drug-likeness (QED) is 0.484. The molecule has 0 aromatic rings. The van der Waals surface area contributed by atoms with Crippen LogP contribution in [-0.4, -0.2) is 29.7 Å². The number of amides is 2. The van der Waals surface area contributed by atoms with Crippen molar-refractivity contribution in [1.82, 2.24) is 10.6 Å². The molecule has 0 saturated heterocycles. The highest BCUT2D eigenvalue weighted by molar-refractivity contribution is 5.83. The maximum atomic E-state index is 11.6. The third kappa shape index (κ3) is 8.58. The Morgan fingerprint density at radius 3 is 2.14 bits per heavy atom. The minimum absolute atomic E-state index is 0.122. The molecule has 3 N–H and O–H groups in total. The van der Waals surface area contributed by atoms with Crippen molar-refractivity contribution in [2.75, 3.05) is 6.54 Å². The summed E-state index contributed by atoms with van der Waals surface area (Å²) in [7, 11) is 0. The zero-order chi connectivity index (χ0) is 15.5. The fraction of sp³-hybridized carbons (Fsp3) is 0.875. The largest absolute Gasteiger partial charge is 0.480 e. The summed E-state index contributed by atoms with van der Waals surface area (Å²) in [4.78, 5) is 22.6. The maximum Gasteiger partial charge on any atom is 0.326 e. The Kier molecular flexibility index (Phi) is 8.87. The molecule has 0 radical (unpaired) electrons. The number of aliphatic carboxylic acids is 1. The van der Waals surface area contributed by atoms with E-state index in [1.54, 1.807) is 0 Å². The standard InChI is InChI=1S/C16H30N2O3/c1-2-3-4-5-6-7-8-9-12-17-16(21)18-14(15(19)20)13-10-11-13/h13-14H,2-12H2,1H3,(H,19,20)(H2,17,18,21). The summed E-state index contributed by atoms with van der Waals surface area (Å²) in [6, 6.07) is -1.07. The Hall–Kier alpha value is -1.26. The van der Waals surface area contributed by atoms with E-state index < -0.39 is 12.0 Å². The van der Waals surface area contributed by atoms with Crippen molar-refractivity contribution in [1.29, 1.82) is 0 Å². The second kappa shape index (κ2) is 10.5. The lowest BCUT2D eigenvalue weighted by Gasteiger charge is -2.14. The molecule has 5 heteroatoms. The van der Waals surface area contributed by atoms with Crippen LogP contribution in [0.4, 0.5) is 4.79 Å². The summed E-state index contributed by atoms with van der Waals surface area (Å²) in [5.41, 5.74) is 0. The molecule has 122 valence electrons. The molecule has 1 fully saturated rings. The topological polar surface area (TPSA) is 78.4 Å². The van der Waals surface area contributed by atoms with Gasteiger partial charge in [-0.25, -0.2) is 9.59 Å². The first-order valence-corrected chi connectivity index (χ1v) is 8.42. The number of carbonyl (C=O) groups excluding carboxylic acids is 1. The lowest BCUT2D eigenvalue weighted by atomic mass is 10.1. The van der Waals surface area contributed by atoms with Crippen LogP contribution in [-0.2, 0) is 4.79 Å². The van der Waals surface area contributed by atoms with Crippen LogP contribution in [0.25, 0.3) is 0 Å². The third-order valence-corrected chi connectivity index (χ3v) is 3.96. The molecule has 1 aliphatic carbocycles. The average molecular weight is 298 g/mol. The highest BCUT2D eigenvalue weighted by Gasteiger charge is 2.37. The number of nitrogens with one attached hydrogen (secondary N) is 2. The highest BCUT2D eigenvalue weighted by Crippen LogP contribution is 2.32. The van der Waals surface area contributed by atoms with Gasteiger partial charge in [0.25, 0.3) is 0 Å². The molecule has 0 bridgehead atoms. The Morgan fingerprint density at radius 2 is 1.62 bits per heavy atom. The highest BCUT2D eigenvalue weighted by atomic mass is 16.4. The number of rotatable bonds is 12. The van der Waals surface area contributed by atoms with Crippen molar-refractivity contribution < 1.29 is 14.7 Å². The van der Waals surface area contributed by atoms with Gasteiger partial charge in [0.05, 0.1) is 0 Å². The number of hydrogen-bond acceptors (Lipinski definition) is 2. The molecule has 1 atom stereocenters. The Balaban J connectivity index is 1.94. The number of carbonyl (C=O) groups is 2. The first-order chi connectivity index (χ1) is 10.1. The van der Waals surface area contributed by atoms with Crippen molar-refractivity contribution in [3.63, 3.8) is 0 Å². The molecule has 0 aliphatic heterocycles. The van der Waals surface area contributed by atoms with E-state index in [2.05, 4.69) is 17.6 Å². The second-order valence-corrected chi connectivity index (χ2v) is 6.03. The molecule has 21 heavy (non-hydrogen) atoms. The summed E-state index contributed by atoms with van der Waals surface area (Å²) in [5.74, 6) is -0.809. The molecule has 1 saturated carbocycles. The summed E-state index contributed by atoms with van der Waals surface area (Å²) >= 11 is 0. The van der Waals surface area contributed by atoms with Crippen LogP contribution in [0, 0.1) is 5.92 Å². The second-order valence-electron chi connectivity index (χ2n) is 6.03. The van der Waals surface area contributed by atoms with E-state index in [0.717, 1.165) is 25.7 Å². The van der Waals surface area contributed by atoms with Crippen molar-refractivity contribution in [3.05, 3.63) is 0 Å². The summed E-state index contributed by atoms with van der Waals surface area (Å²) in [6.07, 6.45) is 11.6. The SMILES string of the molecule is CCCCCCCCCCNC(=O)NC(C(=O)O)C1CC1. The number of unbranched alkanes of at least 4 members (excludes halogenated alkanes) is 7. The van der Waals surface area contributed by atoms with Gasteiger partial charge in [-0.15, -0.1) is 0 Å². The molecule has 1 rings (SSSR count). The van der Waals surface area contributed by atoms with E-state index in [-0.39, 0.29) is 11.9 Å². The normalized spacial score (nSPS) is 15.5. The average Bonchev–Trinajstić information content (AvgIpc) is 3.27. The van der Waals surface area contributed by atoms with E-state index in [1.165, 1.54) is 38.5 Å². The molecule has 0 spiro atoms. The smallest absolute Gasteiger partial charge is 0.326 e. The van der Waals surface area contributed by atoms with Gasteiger partial charge in [0.15, 0.2) is 0 Å². The van der Waals surface area contributed by atoms with Gasteiger partial charge >= 0.3 is 12.0 Å². The molecule has 1 aliphatic rings. The van der Waals surface area contributed by atoms with Crippen molar-refractivity contribution >= 4 is 12.0 Å². The van der Waals surface area contributed by atoms with E-state index in [4.69, 9.17) is 5.11 Å². The van der Waals surface area contributed by atoms with E-state index in [9.17, 15) is 9.59 Å². The first-order valence-electron chi connectivity index (χ1n) is 8.42. The Bertz CT molecular complexity index is 317. The van der Waals surface area contributed by atoms with Gasteiger partial charge < -0.3 is 15.7 Å². The first kappa shape index (κ1) is 17.8. The van der Waals surface area contributed by atoms with Crippen LogP contribution in [0.1, 0.15) is 71.1 Å². The predicted molar refractivity (Wildman–Crippen MR) is 83.3 cm³/mol. The molecule has 0 heterocycles. The molecule has 1 unspecified atom stereocenters. The van der Waals surface area contributed by atoms with Crippen LogP contribution in [0.2, 0.25) is 0 Å². The number of hydrogen-bond donors (Lipinski definition) is 3. The fourth-order valence-electron chi connectivity index (χ4n) is 2.46. The molecule has 0 aromatic heterocycles. The maximum absolute atomic E-state index is 11.6. The third-order valence-electron chi connectivity index (χ3n) is 3.96. The molecule has 0 aromatic carbocycles. The Morgan fingerprint density at radius 1 is 1.05 bits per heavy atom.